The van der Waals surface area contributed by atoms with E-state index in [1.807, 2.05) is 0 Å². The van der Waals surface area contributed by atoms with Gasteiger partial charge in [-0.25, -0.2) is 0 Å². The third kappa shape index (κ3) is 4.42. The van der Waals surface area contributed by atoms with Crippen molar-refractivity contribution in [2.24, 2.45) is 0 Å². The van der Waals surface area contributed by atoms with Crippen molar-refractivity contribution < 1.29 is 0 Å². The van der Waals surface area contributed by atoms with E-state index in [0.717, 1.165) is 0 Å². The van der Waals surface area contributed by atoms with Crippen LogP contribution in [-0.2, 0) is 0 Å². The molecule has 1 rings (SSSR count). The number of hydrogen-bond acceptors (Lipinski definition) is 1. The van der Waals surface area contributed by atoms with Crippen LogP contribution < -0.4 is 0 Å². The molecule has 1 aliphatic heterocycles. The maximum Gasteiger partial charge on any atom is 0.00183 e. The van der Waals surface area contributed by atoms with Gasteiger partial charge >= 0.3 is 0 Å². The maximum atomic E-state index is 2.66. The monoisotopic (exact) mass is 187 g/mol. The van der Waals surface area contributed by atoms with E-state index in [9.17, 15) is 0 Å². The Balaban J connectivity index is 2.04. The van der Waals surface area contributed by atoms with Crippen LogP contribution in [0.15, 0.2) is 0 Å². The fraction of sp³-hybridized carbons (Fsp3) is 1.00. The second-order valence-electron chi connectivity index (χ2n) is 3.65. The Bertz CT molecular complexity index is 98.0. The third-order valence-electron chi connectivity index (χ3n) is 2.51. The molecule has 0 spiro atoms. The predicted octanol–water partition coefficient (Wildman–Crippen LogP) is 2.56. The summed E-state index contributed by atoms with van der Waals surface area (Å²) in [4.78, 5) is 2.66. The third-order valence-corrected chi connectivity index (χ3v) is 3.79. The standard InChI is InChI=1S/C10H22NP/c1-2-3-4-6-11-7-5-9-12-10-8-11/h12H,2-10H2,1H3. The van der Waals surface area contributed by atoms with Crippen molar-refractivity contribution in [1.29, 1.82) is 0 Å². The highest BCUT2D eigenvalue weighted by Gasteiger charge is 2.07. The minimum Gasteiger partial charge on any atom is -0.303 e. The highest BCUT2D eigenvalue weighted by molar-refractivity contribution is 7.38. The molecule has 0 aromatic heterocycles. The molecule has 1 heterocycles. The van der Waals surface area contributed by atoms with Gasteiger partial charge in [0.05, 0.1) is 0 Å². The minimum absolute atomic E-state index is 1.24. The lowest BCUT2D eigenvalue weighted by Gasteiger charge is -2.18. The van der Waals surface area contributed by atoms with Crippen molar-refractivity contribution in [1.82, 2.24) is 4.90 Å². The summed E-state index contributed by atoms with van der Waals surface area (Å²) in [5.41, 5.74) is 0. The van der Waals surface area contributed by atoms with Gasteiger partial charge in [0.25, 0.3) is 0 Å². The molecule has 1 atom stereocenters. The van der Waals surface area contributed by atoms with Crippen LogP contribution in [0.1, 0.15) is 32.6 Å². The first-order valence-corrected chi connectivity index (χ1v) is 6.78. The summed E-state index contributed by atoms with van der Waals surface area (Å²) in [5.74, 6) is 0. The second-order valence-corrected chi connectivity index (χ2v) is 5.15. The smallest absolute Gasteiger partial charge is 0.00183 e. The van der Waals surface area contributed by atoms with Gasteiger partial charge in [-0.1, -0.05) is 19.8 Å². The Kier molecular flexibility index (Phi) is 5.98. The highest BCUT2D eigenvalue weighted by atomic mass is 31.1. The number of unbranched alkanes of at least 4 members (excludes halogenated alkanes) is 2. The van der Waals surface area contributed by atoms with Crippen LogP contribution in [-0.4, -0.2) is 36.9 Å². The van der Waals surface area contributed by atoms with E-state index in [1.54, 1.807) is 0 Å². The average molecular weight is 187 g/mol. The van der Waals surface area contributed by atoms with E-state index >= 15 is 0 Å². The molecular weight excluding hydrogens is 165 g/mol. The molecule has 0 aliphatic carbocycles. The van der Waals surface area contributed by atoms with E-state index in [2.05, 4.69) is 11.8 Å². The molecule has 1 aliphatic rings. The van der Waals surface area contributed by atoms with Crippen molar-refractivity contribution in [2.45, 2.75) is 32.6 Å². The molecule has 72 valence electrons. The molecule has 0 bridgehead atoms. The first-order chi connectivity index (χ1) is 5.93. The van der Waals surface area contributed by atoms with E-state index in [1.165, 1.54) is 66.2 Å². The maximum absolute atomic E-state index is 2.66. The van der Waals surface area contributed by atoms with Crippen LogP contribution >= 0.6 is 8.58 Å². The summed E-state index contributed by atoms with van der Waals surface area (Å²) in [6.45, 7) is 6.39. The summed E-state index contributed by atoms with van der Waals surface area (Å²) in [6.07, 6.45) is 8.59. The zero-order valence-electron chi connectivity index (χ0n) is 8.31. The highest BCUT2D eigenvalue weighted by Crippen LogP contribution is 2.16. The van der Waals surface area contributed by atoms with Gasteiger partial charge in [0.1, 0.15) is 0 Å². The normalized spacial score (nSPS) is 22.8. The van der Waals surface area contributed by atoms with Crippen LogP contribution in [0, 0.1) is 0 Å². The molecular formula is C10H22NP. The fourth-order valence-corrected chi connectivity index (χ4v) is 2.84. The SMILES string of the molecule is CCCCCN1CCCPCC1. The lowest BCUT2D eigenvalue weighted by Crippen LogP contribution is -2.26. The summed E-state index contributed by atoms with van der Waals surface area (Å²) in [5, 5.41) is 0. The fourth-order valence-electron chi connectivity index (χ4n) is 1.71. The van der Waals surface area contributed by atoms with E-state index in [0.29, 0.717) is 0 Å². The summed E-state index contributed by atoms with van der Waals surface area (Å²) in [6, 6.07) is 0. The van der Waals surface area contributed by atoms with Crippen molar-refractivity contribution in [2.75, 3.05) is 32.0 Å². The van der Waals surface area contributed by atoms with Crippen LogP contribution in [0.3, 0.4) is 0 Å². The molecule has 2 heteroatoms. The largest absolute Gasteiger partial charge is 0.303 e. The Morgan fingerprint density at radius 1 is 1.17 bits per heavy atom. The summed E-state index contributed by atoms with van der Waals surface area (Å²) >= 11 is 0. The van der Waals surface area contributed by atoms with Gasteiger partial charge in [-0.3, -0.25) is 0 Å². The number of nitrogens with zero attached hydrogens (tertiary/aromatic N) is 1. The zero-order valence-corrected chi connectivity index (χ0v) is 9.31. The lowest BCUT2D eigenvalue weighted by atomic mass is 10.2. The van der Waals surface area contributed by atoms with Gasteiger partial charge in [0.15, 0.2) is 0 Å². The van der Waals surface area contributed by atoms with Crippen LogP contribution in [0.2, 0.25) is 0 Å². The molecule has 0 aromatic carbocycles. The molecule has 1 saturated heterocycles. The Labute approximate surface area is 78.7 Å². The first-order valence-electron chi connectivity index (χ1n) is 5.36. The first kappa shape index (κ1) is 10.5. The van der Waals surface area contributed by atoms with E-state index < -0.39 is 0 Å². The average Bonchev–Trinajstić information content (AvgIpc) is 2.33. The topological polar surface area (TPSA) is 3.24 Å². The van der Waals surface area contributed by atoms with Crippen LogP contribution in [0.25, 0.3) is 0 Å². The van der Waals surface area contributed by atoms with E-state index in [-0.39, 0.29) is 0 Å². The van der Waals surface area contributed by atoms with Gasteiger partial charge in [0, 0.05) is 6.54 Å². The van der Waals surface area contributed by atoms with Gasteiger partial charge in [-0.2, -0.15) is 0 Å². The Morgan fingerprint density at radius 2 is 2.08 bits per heavy atom. The Morgan fingerprint density at radius 3 is 2.92 bits per heavy atom. The molecule has 0 radical (unpaired) electrons. The van der Waals surface area contributed by atoms with Crippen molar-refractivity contribution in [3.05, 3.63) is 0 Å². The Hall–Kier alpha value is 0.390. The molecule has 1 nitrogen and oxygen atoms in total. The molecule has 0 saturated carbocycles. The molecule has 0 amide bonds. The zero-order chi connectivity index (χ0) is 8.65. The molecule has 12 heavy (non-hydrogen) atoms. The van der Waals surface area contributed by atoms with Crippen LogP contribution in [0.4, 0.5) is 0 Å². The quantitative estimate of drug-likeness (QED) is 0.483. The number of rotatable bonds is 4. The van der Waals surface area contributed by atoms with Crippen molar-refractivity contribution in [3.63, 3.8) is 0 Å². The minimum atomic E-state index is 1.24. The predicted molar refractivity (Wildman–Crippen MR) is 58.6 cm³/mol. The van der Waals surface area contributed by atoms with Crippen molar-refractivity contribution in [3.8, 4) is 0 Å². The molecule has 1 unspecified atom stereocenters. The summed E-state index contributed by atoms with van der Waals surface area (Å²) < 4.78 is 0. The van der Waals surface area contributed by atoms with E-state index in [4.69, 9.17) is 0 Å². The lowest BCUT2D eigenvalue weighted by molar-refractivity contribution is 0.288. The van der Waals surface area contributed by atoms with Gasteiger partial charge in [-0.15, -0.1) is 8.58 Å². The number of hydrogen-bond donors (Lipinski definition) is 0. The van der Waals surface area contributed by atoms with Crippen LogP contribution in [0.5, 0.6) is 0 Å². The summed E-state index contributed by atoms with van der Waals surface area (Å²) in [7, 11) is 1.24. The van der Waals surface area contributed by atoms with Gasteiger partial charge in [0.2, 0.25) is 0 Å². The van der Waals surface area contributed by atoms with Gasteiger partial charge in [-0.05, 0) is 38.3 Å². The molecule has 0 aromatic rings. The molecule has 1 fully saturated rings. The second kappa shape index (κ2) is 6.86. The van der Waals surface area contributed by atoms with Gasteiger partial charge < -0.3 is 4.90 Å². The molecule has 0 N–H and O–H groups in total. The van der Waals surface area contributed by atoms with Crippen molar-refractivity contribution >= 4 is 8.58 Å².